The Labute approximate surface area is 205 Å². The molecule has 2 rings (SSSR count). The predicted octanol–water partition coefficient (Wildman–Crippen LogP) is 2.32. The summed E-state index contributed by atoms with van der Waals surface area (Å²) in [6.45, 7) is 6.74. The minimum absolute atomic E-state index is 0.198. The Morgan fingerprint density at radius 1 is 0.971 bits per heavy atom. The van der Waals surface area contributed by atoms with Crippen molar-refractivity contribution in [1.29, 1.82) is 0 Å². The maximum atomic E-state index is 12.3. The molecule has 0 aliphatic heterocycles. The fourth-order valence-corrected chi connectivity index (χ4v) is 3.09. The van der Waals surface area contributed by atoms with Crippen molar-refractivity contribution in [1.82, 2.24) is 10.7 Å². The van der Waals surface area contributed by atoms with Crippen LogP contribution in [0.1, 0.15) is 30.0 Å². The van der Waals surface area contributed by atoms with Crippen molar-refractivity contribution in [2.75, 3.05) is 38.8 Å². The lowest BCUT2D eigenvalue weighted by Gasteiger charge is -2.13. The second kappa shape index (κ2) is 14.4. The average molecular weight is 485 g/mol. The van der Waals surface area contributed by atoms with Crippen LogP contribution < -0.4 is 25.5 Å². The number of amides is 3. The number of hydrogen-bond acceptors (Lipinski definition) is 7. The summed E-state index contributed by atoms with van der Waals surface area (Å²) in [5, 5.41) is 9.09. The molecule has 0 spiro atoms. The van der Waals surface area contributed by atoms with Gasteiger partial charge in [0, 0.05) is 25.9 Å². The molecule has 0 saturated heterocycles. The molecule has 3 N–H and O–H groups in total. The number of hydrogen-bond donors (Lipinski definition) is 3. The highest BCUT2D eigenvalue weighted by Gasteiger charge is 2.12. The zero-order valence-electron chi connectivity index (χ0n) is 20.5. The Hall–Kier alpha value is -3.92. The minimum Gasteiger partial charge on any atom is -0.490 e. The lowest BCUT2D eigenvalue weighted by Crippen LogP contribution is -2.38. The van der Waals surface area contributed by atoms with Gasteiger partial charge in [-0.2, -0.15) is 5.10 Å². The van der Waals surface area contributed by atoms with Gasteiger partial charge in [-0.3, -0.25) is 14.4 Å². The standard InChI is InChI=1S/C25H32N4O6/c1-5-34-22-14-19(15-27-29-25(32)24(31)26-9-6-10-33-4)7-8-21(22)35-16-23(30)28-20-12-17(2)11-18(3)13-20/h7-8,11-15H,5-6,9-10,16H2,1-4H3,(H,26,31)(H,28,30)(H,29,32)/b27-15-. The van der Waals surface area contributed by atoms with Crippen LogP contribution in [0.25, 0.3) is 0 Å². The number of hydrazone groups is 1. The maximum Gasteiger partial charge on any atom is 0.329 e. The summed E-state index contributed by atoms with van der Waals surface area (Å²) in [5.41, 5.74) is 5.58. The van der Waals surface area contributed by atoms with E-state index >= 15 is 0 Å². The quantitative estimate of drug-likeness (QED) is 0.184. The van der Waals surface area contributed by atoms with E-state index in [-0.39, 0.29) is 12.5 Å². The molecule has 0 aromatic heterocycles. The van der Waals surface area contributed by atoms with E-state index < -0.39 is 11.8 Å². The van der Waals surface area contributed by atoms with Crippen LogP contribution in [0.2, 0.25) is 0 Å². The van der Waals surface area contributed by atoms with E-state index in [1.165, 1.54) is 6.21 Å². The predicted molar refractivity (Wildman–Crippen MR) is 133 cm³/mol. The molecule has 0 bridgehead atoms. The van der Waals surface area contributed by atoms with E-state index in [1.54, 1.807) is 25.3 Å². The molecule has 0 fully saturated rings. The number of rotatable bonds is 12. The highest BCUT2D eigenvalue weighted by Crippen LogP contribution is 2.28. The summed E-state index contributed by atoms with van der Waals surface area (Å²) < 4.78 is 16.1. The Kier molecular flexibility index (Phi) is 11.2. The number of anilines is 1. The zero-order chi connectivity index (χ0) is 25.6. The number of nitrogens with one attached hydrogen (secondary N) is 3. The van der Waals surface area contributed by atoms with Gasteiger partial charge in [0.05, 0.1) is 12.8 Å². The number of ether oxygens (including phenoxy) is 3. The van der Waals surface area contributed by atoms with E-state index in [0.717, 1.165) is 11.1 Å². The molecule has 0 radical (unpaired) electrons. The minimum atomic E-state index is -0.876. The molecule has 0 heterocycles. The lowest BCUT2D eigenvalue weighted by atomic mass is 10.1. The van der Waals surface area contributed by atoms with E-state index in [1.807, 2.05) is 39.0 Å². The van der Waals surface area contributed by atoms with Gasteiger partial charge in [0.1, 0.15) is 0 Å². The van der Waals surface area contributed by atoms with Crippen molar-refractivity contribution < 1.29 is 28.6 Å². The molecule has 0 unspecified atom stereocenters. The van der Waals surface area contributed by atoms with Gasteiger partial charge >= 0.3 is 11.8 Å². The highest BCUT2D eigenvalue weighted by molar-refractivity contribution is 6.35. The Morgan fingerprint density at radius 2 is 1.71 bits per heavy atom. The first-order valence-electron chi connectivity index (χ1n) is 11.2. The fourth-order valence-electron chi connectivity index (χ4n) is 3.09. The van der Waals surface area contributed by atoms with E-state index in [2.05, 4.69) is 21.2 Å². The normalized spacial score (nSPS) is 10.6. The van der Waals surface area contributed by atoms with Gasteiger partial charge in [0.15, 0.2) is 18.1 Å². The van der Waals surface area contributed by atoms with Crippen LogP contribution in [0.15, 0.2) is 41.5 Å². The number of nitrogens with zero attached hydrogens (tertiary/aromatic N) is 1. The van der Waals surface area contributed by atoms with Gasteiger partial charge in [-0.25, -0.2) is 5.43 Å². The van der Waals surface area contributed by atoms with Gasteiger partial charge in [-0.15, -0.1) is 0 Å². The SMILES string of the molecule is CCOc1cc(/C=N\NC(=O)C(=O)NCCCOC)ccc1OCC(=O)Nc1cc(C)cc(C)c1. The van der Waals surface area contributed by atoms with E-state index in [9.17, 15) is 14.4 Å². The molecule has 10 nitrogen and oxygen atoms in total. The highest BCUT2D eigenvalue weighted by atomic mass is 16.5. The topological polar surface area (TPSA) is 127 Å². The molecule has 35 heavy (non-hydrogen) atoms. The van der Waals surface area contributed by atoms with Crippen LogP contribution in [0.4, 0.5) is 5.69 Å². The van der Waals surface area contributed by atoms with Crippen molar-refractivity contribution in [3.05, 3.63) is 53.1 Å². The third-order valence-electron chi connectivity index (χ3n) is 4.53. The van der Waals surface area contributed by atoms with Crippen molar-refractivity contribution in [2.45, 2.75) is 27.2 Å². The van der Waals surface area contributed by atoms with Crippen molar-refractivity contribution >= 4 is 29.6 Å². The molecule has 0 aliphatic rings. The number of aryl methyl sites for hydroxylation is 2. The van der Waals surface area contributed by atoms with Gasteiger partial charge in [-0.05, 0) is 74.2 Å². The molecular formula is C25H32N4O6. The summed E-state index contributed by atoms with van der Waals surface area (Å²) in [6.07, 6.45) is 1.97. The van der Waals surface area contributed by atoms with Crippen LogP contribution >= 0.6 is 0 Å². The fraction of sp³-hybridized carbons (Fsp3) is 0.360. The molecule has 0 saturated carbocycles. The van der Waals surface area contributed by atoms with Crippen molar-refractivity contribution in [3.8, 4) is 11.5 Å². The first-order chi connectivity index (χ1) is 16.8. The average Bonchev–Trinajstić information content (AvgIpc) is 2.80. The molecular weight excluding hydrogens is 452 g/mol. The van der Waals surface area contributed by atoms with Crippen LogP contribution in [0.5, 0.6) is 11.5 Å². The molecule has 2 aromatic carbocycles. The largest absolute Gasteiger partial charge is 0.490 e. The molecule has 3 amide bonds. The van der Waals surface area contributed by atoms with Crippen LogP contribution in [0.3, 0.4) is 0 Å². The Morgan fingerprint density at radius 3 is 2.40 bits per heavy atom. The molecule has 0 atom stereocenters. The smallest absolute Gasteiger partial charge is 0.329 e. The van der Waals surface area contributed by atoms with Gasteiger partial charge in [-0.1, -0.05) is 6.07 Å². The van der Waals surface area contributed by atoms with Gasteiger partial charge < -0.3 is 24.8 Å². The summed E-state index contributed by atoms with van der Waals surface area (Å²) in [6, 6.07) is 10.8. The number of methoxy groups -OCH3 is 1. The third kappa shape index (κ3) is 9.85. The third-order valence-corrected chi connectivity index (χ3v) is 4.53. The van der Waals surface area contributed by atoms with Crippen LogP contribution in [-0.4, -0.2) is 57.4 Å². The Balaban J connectivity index is 1.92. The van der Waals surface area contributed by atoms with E-state index in [0.29, 0.717) is 48.9 Å². The number of carbonyl (C=O) groups excluding carboxylic acids is 3. The second-order valence-corrected chi connectivity index (χ2v) is 7.65. The van der Waals surface area contributed by atoms with Crippen molar-refractivity contribution in [2.24, 2.45) is 5.10 Å². The molecule has 10 heteroatoms. The van der Waals surface area contributed by atoms with E-state index in [4.69, 9.17) is 14.2 Å². The number of carbonyl (C=O) groups is 3. The van der Waals surface area contributed by atoms with Crippen LogP contribution in [0, 0.1) is 13.8 Å². The first kappa shape index (κ1) is 27.3. The summed E-state index contributed by atoms with van der Waals surface area (Å²) in [4.78, 5) is 35.8. The monoisotopic (exact) mass is 484 g/mol. The van der Waals surface area contributed by atoms with Gasteiger partial charge in [0.2, 0.25) is 0 Å². The molecule has 2 aromatic rings. The second-order valence-electron chi connectivity index (χ2n) is 7.65. The first-order valence-corrected chi connectivity index (χ1v) is 11.2. The van der Waals surface area contributed by atoms with Crippen molar-refractivity contribution in [3.63, 3.8) is 0 Å². The number of benzene rings is 2. The molecule has 188 valence electrons. The molecule has 0 aliphatic carbocycles. The summed E-state index contributed by atoms with van der Waals surface area (Å²) in [7, 11) is 1.56. The zero-order valence-corrected chi connectivity index (χ0v) is 20.5. The van der Waals surface area contributed by atoms with Crippen LogP contribution in [-0.2, 0) is 19.1 Å². The maximum absolute atomic E-state index is 12.3. The Bertz CT molecular complexity index is 1030. The lowest BCUT2D eigenvalue weighted by molar-refractivity contribution is -0.139. The van der Waals surface area contributed by atoms with Gasteiger partial charge in [0.25, 0.3) is 5.91 Å². The summed E-state index contributed by atoms with van der Waals surface area (Å²) >= 11 is 0. The summed E-state index contributed by atoms with van der Waals surface area (Å²) in [5.74, 6) is -1.15.